The second-order valence-electron chi connectivity index (χ2n) is 3.24. The van der Waals surface area contributed by atoms with Gasteiger partial charge in [-0.15, -0.1) is 0 Å². The van der Waals surface area contributed by atoms with Crippen LogP contribution < -0.4 is 5.73 Å². The van der Waals surface area contributed by atoms with Crippen molar-refractivity contribution in [1.29, 1.82) is 0 Å². The number of nitrogens with two attached hydrogens (primary N) is 1. The third-order valence-corrected chi connectivity index (χ3v) is 2.38. The van der Waals surface area contributed by atoms with E-state index in [2.05, 4.69) is 0 Å². The second-order valence-corrected chi connectivity index (χ2v) is 3.24. The molecule has 0 aliphatic heterocycles. The zero-order valence-electron chi connectivity index (χ0n) is 6.42. The Morgan fingerprint density at radius 2 is 1.60 bits per heavy atom. The number of hydrogen-bond acceptors (Lipinski definition) is 2. The van der Waals surface area contributed by atoms with Crippen molar-refractivity contribution in [3.63, 3.8) is 0 Å². The quantitative estimate of drug-likeness (QED) is 0.428. The van der Waals surface area contributed by atoms with Crippen molar-refractivity contribution in [2.75, 3.05) is 0 Å². The van der Waals surface area contributed by atoms with Gasteiger partial charge in [-0.3, -0.25) is 0 Å². The van der Waals surface area contributed by atoms with E-state index in [-0.39, 0.29) is 0 Å². The zero-order chi connectivity index (χ0) is 7.40. The summed E-state index contributed by atoms with van der Waals surface area (Å²) in [5.41, 5.74) is 5.39. The van der Waals surface area contributed by atoms with Crippen molar-refractivity contribution in [2.24, 2.45) is 11.7 Å². The zero-order valence-corrected chi connectivity index (χ0v) is 6.42. The van der Waals surface area contributed by atoms with Crippen LogP contribution in [0.5, 0.6) is 0 Å². The molecule has 10 heavy (non-hydrogen) atoms. The first-order valence-corrected chi connectivity index (χ1v) is 4.24. The van der Waals surface area contributed by atoms with Crippen molar-refractivity contribution in [3.8, 4) is 0 Å². The van der Waals surface area contributed by atoms with Crippen molar-refractivity contribution >= 4 is 0 Å². The fourth-order valence-corrected chi connectivity index (χ4v) is 1.65. The van der Waals surface area contributed by atoms with Gasteiger partial charge in [-0.2, -0.15) is 0 Å². The summed E-state index contributed by atoms with van der Waals surface area (Å²) in [5, 5.41) is 9.08. The highest BCUT2D eigenvalue weighted by Crippen LogP contribution is 2.23. The molecular formula is C8H17NO. The normalized spacial score (nSPS) is 25.8. The minimum Gasteiger partial charge on any atom is -0.379 e. The lowest BCUT2D eigenvalue weighted by molar-refractivity contribution is 0.105. The molecule has 0 saturated heterocycles. The largest absolute Gasteiger partial charge is 0.379 e. The highest BCUT2D eigenvalue weighted by Gasteiger charge is 2.16. The molecule has 0 aromatic heterocycles. The summed E-state index contributed by atoms with van der Waals surface area (Å²) in [7, 11) is 0. The summed E-state index contributed by atoms with van der Waals surface area (Å²) < 4.78 is 0. The molecule has 1 aliphatic rings. The highest BCUT2D eigenvalue weighted by atomic mass is 16.3. The number of hydrogen-bond donors (Lipinski definition) is 2. The average molecular weight is 143 g/mol. The number of aliphatic hydroxyl groups is 1. The monoisotopic (exact) mass is 143 g/mol. The lowest BCUT2D eigenvalue weighted by atomic mass is 9.99. The summed E-state index contributed by atoms with van der Waals surface area (Å²) in [5.74, 6) is 0.377. The third kappa shape index (κ3) is 2.27. The summed E-state index contributed by atoms with van der Waals surface area (Å²) in [6.07, 6.45) is 6.82. The maximum absolute atomic E-state index is 9.08. The smallest absolute Gasteiger partial charge is 0.105 e. The first kappa shape index (κ1) is 8.02. The van der Waals surface area contributed by atoms with Gasteiger partial charge in [0.2, 0.25) is 0 Å². The van der Waals surface area contributed by atoms with E-state index in [1.807, 2.05) is 0 Å². The topological polar surface area (TPSA) is 46.2 Å². The maximum atomic E-state index is 9.08. The Morgan fingerprint density at radius 3 is 2.00 bits per heavy atom. The van der Waals surface area contributed by atoms with Gasteiger partial charge >= 0.3 is 0 Å². The molecular weight excluding hydrogens is 126 g/mol. The molecule has 2 nitrogen and oxygen atoms in total. The Labute approximate surface area is 62.4 Å². The van der Waals surface area contributed by atoms with Crippen molar-refractivity contribution in [2.45, 2.75) is 44.8 Å². The third-order valence-electron chi connectivity index (χ3n) is 2.38. The van der Waals surface area contributed by atoms with Crippen LogP contribution in [0, 0.1) is 5.92 Å². The molecule has 60 valence electrons. The van der Waals surface area contributed by atoms with Gasteiger partial charge in [0.05, 0.1) is 0 Å². The van der Waals surface area contributed by atoms with Crippen LogP contribution in [0.3, 0.4) is 0 Å². The van der Waals surface area contributed by atoms with Crippen LogP contribution in [0.1, 0.15) is 38.5 Å². The van der Waals surface area contributed by atoms with E-state index in [1.54, 1.807) is 0 Å². The first-order valence-electron chi connectivity index (χ1n) is 4.24. The van der Waals surface area contributed by atoms with Crippen LogP contribution in [0.2, 0.25) is 0 Å². The van der Waals surface area contributed by atoms with E-state index >= 15 is 0 Å². The Hall–Kier alpha value is -0.0800. The highest BCUT2D eigenvalue weighted by molar-refractivity contribution is 4.67. The molecule has 1 unspecified atom stereocenters. The lowest BCUT2D eigenvalue weighted by Crippen LogP contribution is -2.28. The van der Waals surface area contributed by atoms with Gasteiger partial charge in [0.15, 0.2) is 0 Å². The minimum absolute atomic E-state index is 0.377. The van der Waals surface area contributed by atoms with Gasteiger partial charge in [0, 0.05) is 0 Å². The van der Waals surface area contributed by atoms with Crippen molar-refractivity contribution < 1.29 is 5.11 Å². The molecule has 0 heterocycles. The molecule has 0 aromatic rings. The van der Waals surface area contributed by atoms with Crippen molar-refractivity contribution in [3.05, 3.63) is 0 Å². The summed E-state index contributed by atoms with van der Waals surface area (Å²) in [6.45, 7) is 0. The van der Waals surface area contributed by atoms with E-state index in [1.165, 1.54) is 25.7 Å². The Balaban J connectivity index is 2.28. The lowest BCUT2D eigenvalue weighted by Gasteiger charge is -2.16. The first-order chi connectivity index (χ1) is 4.80. The Kier molecular flexibility index (Phi) is 3.16. The molecule has 1 atom stereocenters. The molecule has 2 heteroatoms. The Morgan fingerprint density at radius 1 is 1.10 bits per heavy atom. The summed E-state index contributed by atoms with van der Waals surface area (Å²) in [6, 6.07) is 0. The van der Waals surface area contributed by atoms with E-state index in [0.717, 1.165) is 12.8 Å². The molecule has 0 radical (unpaired) electrons. The second kappa shape index (κ2) is 3.94. The van der Waals surface area contributed by atoms with Crippen LogP contribution in [0.4, 0.5) is 0 Å². The van der Waals surface area contributed by atoms with Crippen molar-refractivity contribution in [1.82, 2.24) is 0 Å². The maximum Gasteiger partial charge on any atom is 0.105 e. The fourth-order valence-electron chi connectivity index (χ4n) is 1.65. The molecule has 0 spiro atoms. The molecule has 1 saturated carbocycles. The molecule has 0 bridgehead atoms. The van der Waals surface area contributed by atoms with E-state index in [4.69, 9.17) is 10.8 Å². The van der Waals surface area contributed by atoms with Gasteiger partial charge in [-0.25, -0.2) is 0 Å². The van der Waals surface area contributed by atoms with Gasteiger partial charge in [0.25, 0.3) is 0 Å². The average Bonchev–Trinajstić information content (AvgIpc) is 2.12. The molecule has 1 aliphatic carbocycles. The molecule has 1 rings (SSSR count). The van der Waals surface area contributed by atoms with Crippen LogP contribution in [-0.4, -0.2) is 11.3 Å². The molecule has 0 amide bonds. The van der Waals surface area contributed by atoms with Crippen LogP contribution in [-0.2, 0) is 0 Å². The molecule has 0 aromatic carbocycles. The number of rotatable bonds is 1. The predicted octanol–water partition coefficient (Wildman–Crippen LogP) is 1.23. The minimum atomic E-state index is -0.571. The van der Waals surface area contributed by atoms with E-state index in [0.29, 0.717) is 5.92 Å². The molecule has 1 fully saturated rings. The number of aliphatic hydroxyl groups excluding tert-OH is 1. The van der Waals surface area contributed by atoms with Gasteiger partial charge in [0.1, 0.15) is 6.23 Å². The van der Waals surface area contributed by atoms with Crippen LogP contribution >= 0.6 is 0 Å². The van der Waals surface area contributed by atoms with Gasteiger partial charge in [-0.1, -0.05) is 25.7 Å². The SMILES string of the molecule is NC(O)C1CCCCCC1. The summed E-state index contributed by atoms with van der Waals surface area (Å²) in [4.78, 5) is 0. The van der Waals surface area contributed by atoms with E-state index < -0.39 is 6.23 Å². The van der Waals surface area contributed by atoms with Gasteiger partial charge in [-0.05, 0) is 18.8 Å². The molecule has 3 N–H and O–H groups in total. The fraction of sp³-hybridized carbons (Fsp3) is 1.00. The predicted molar refractivity (Wildman–Crippen MR) is 41.4 cm³/mol. The van der Waals surface area contributed by atoms with Crippen LogP contribution in [0.25, 0.3) is 0 Å². The summed E-state index contributed by atoms with van der Waals surface area (Å²) >= 11 is 0. The van der Waals surface area contributed by atoms with E-state index in [9.17, 15) is 0 Å². The van der Waals surface area contributed by atoms with Crippen LogP contribution in [0.15, 0.2) is 0 Å². The van der Waals surface area contributed by atoms with Gasteiger partial charge < -0.3 is 10.8 Å². The Bertz CT molecular complexity index is 85.3. The standard InChI is InChI=1S/C8H17NO/c9-8(10)7-5-3-1-2-4-6-7/h7-8,10H,1-6,9H2.